The van der Waals surface area contributed by atoms with E-state index >= 15 is 0 Å². The third-order valence-electron chi connectivity index (χ3n) is 6.42. The van der Waals surface area contributed by atoms with Crippen molar-refractivity contribution in [3.63, 3.8) is 0 Å². The maximum Gasteiger partial charge on any atom is 0.276 e. The van der Waals surface area contributed by atoms with Gasteiger partial charge in [0.05, 0.1) is 29.0 Å². The van der Waals surface area contributed by atoms with Crippen LogP contribution in [0.3, 0.4) is 0 Å². The Kier molecular flexibility index (Phi) is 7.26. The second-order valence-electron chi connectivity index (χ2n) is 9.04. The topological polar surface area (TPSA) is 113 Å². The molecule has 1 saturated heterocycles. The molecule has 4 N–H and O–H groups in total. The monoisotopic (exact) mass is 510 g/mol. The van der Waals surface area contributed by atoms with Crippen LogP contribution in [0.4, 0.5) is 27.1 Å². The van der Waals surface area contributed by atoms with E-state index < -0.39 is 17.6 Å². The number of anilines is 4. The Hall–Kier alpha value is -4.79. The summed E-state index contributed by atoms with van der Waals surface area (Å²) in [5.74, 6) is -1.51. The standard InChI is InChI=1S/C29H27FN6O2/c30-22-10-9-19(28(37)33-20-7-3-1-4-8-20)17-21(22)24-12-11-23(31)27(34-24)29(38)35-25-18-32-14-13-26(25)36-15-5-2-6-16-36/h1,3-4,7-14,17-18H,2,5-6,15-16,31H2,(H,33,37)(H,35,38). The van der Waals surface area contributed by atoms with Gasteiger partial charge in [-0.25, -0.2) is 9.37 Å². The molecule has 0 spiro atoms. The van der Waals surface area contributed by atoms with Gasteiger partial charge in [-0.15, -0.1) is 0 Å². The number of carbonyl (C=O) groups excluding carboxylic acids is 2. The fraction of sp³-hybridized carbons (Fsp3) is 0.172. The highest BCUT2D eigenvalue weighted by Gasteiger charge is 2.20. The zero-order valence-electron chi connectivity index (χ0n) is 20.7. The summed E-state index contributed by atoms with van der Waals surface area (Å²) in [6.07, 6.45) is 6.63. The molecule has 1 aliphatic rings. The lowest BCUT2D eigenvalue weighted by Crippen LogP contribution is -2.30. The van der Waals surface area contributed by atoms with E-state index in [9.17, 15) is 14.0 Å². The highest BCUT2D eigenvalue weighted by atomic mass is 19.1. The Bertz CT molecular complexity index is 1470. The molecule has 0 radical (unpaired) electrons. The number of nitrogen functional groups attached to an aromatic ring is 1. The van der Waals surface area contributed by atoms with Gasteiger partial charge in [0.15, 0.2) is 5.69 Å². The fourth-order valence-electron chi connectivity index (χ4n) is 4.46. The average Bonchev–Trinajstić information content (AvgIpc) is 2.95. The lowest BCUT2D eigenvalue weighted by Gasteiger charge is -2.30. The van der Waals surface area contributed by atoms with Crippen molar-refractivity contribution in [3.05, 3.63) is 96.2 Å². The Morgan fingerprint density at radius 3 is 2.47 bits per heavy atom. The predicted octanol–water partition coefficient (Wildman–Crippen LogP) is 5.36. The van der Waals surface area contributed by atoms with Crippen molar-refractivity contribution < 1.29 is 14.0 Å². The van der Waals surface area contributed by atoms with Crippen LogP contribution in [0, 0.1) is 5.82 Å². The summed E-state index contributed by atoms with van der Waals surface area (Å²) in [7, 11) is 0. The van der Waals surface area contributed by atoms with Gasteiger partial charge in [0.2, 0.25) is 0 Å². The van der Waals surface area contributed by atoms with Crippen molar-refractivity contribution in [1.82, 2.24) is 9.97 Å². The summed E-state index contributed by atoms with van der Waals surface area (Å²) >= 11 is 0. The summed E-state index contributed by atoms with van der Waals surface area (Å²) < 4.78 is 14.9. The van der Waals surface area contributed by atoms with Crippen molar-refractivity contribution in [2.45, 2.75) is 19.3 Å². The number of nitrogens with two attached hydrogens (primary N) is 1. The lowest BCUT2D eigenvalue weighted by atomic mass is 10.1. The molecule has 5 rings (SSSR count). The van der Waals surface area contributed by atoms with Crippen LogP contribution in [-0.4, -0.2) is 34.9 Å². The molecular weight excluding hydrogens is 483 g/mol. The van der Waals surface area contributed by atoms with E-state index in [4.69, 9.17) is 5.73 Å². The highest BCUT2D eigenvalue weighted by Crippen LogP contribution is 2.29. The molecule has 2 aromatic carbocycles. The van der Waals surface area contributed by atoms with Gasteiger partial charge in [-0.05, 0) is 67.8 Å². The molecule has 9 heteroatoms. The number of hydrogen-bond donors (Lipinski definition) is 3. The smallest absolute Gasteiger partial charge is 0.276 e. The molecule has 38 heavy (non-hydrogen) atoms. The Morgan fingerprint density at radius 1 is 0.895 bits per heavy atom. The number of pyridine rings is 2. The lowest BCUT2D eigenvalue weighted by molar-refractivity contribution is 0.101. The normalized spacial score (nSPS) is 13.1. The molecule has 0 aliphatic carbocycles. The maximum atomic E-state index is 14.9. The minimum absolute atomic E-state index is 0.0468. The zero-order valence-corrected chi connectivity index (χ0v) is 20.7. The van der Waals surface area contributed by atoms with Gasteiger partial charge in [0.25, 0.3) is 11.8 Å². The zero-order chi connectivity index (χ0) is 26.5. The Morgan fingerprint density at radius 2 is 1.68 bits per heavy atom. The molecule has 0 atom stereocenters. The fourth-order valence-corrected chi connectivity index (χ4v) is 4.46. The van der Waals surface area contributed by atoms with E-state index in [-0.39, 0.29) is 28.2 Å². The van der Waals surface area contributed by atoms with Crippen molar-refractivity contribution in [2.75, 3.05) is 34.4 Å². The van der Waals surface area contributed by atoms with Crippen molar-refractivity contribution in [2.24, 2.45) is 0 Å². The number of amides is 2. The van der Waals surface area contributed by atoms with Gasteiger partial charge >= 0.3 is 0 Å². The van der Waals surface area contributed by atoms with Crippen LogP contribution in [-0.2, 0) is 0 Å². The maximum absolute atomic E-state index is 14.9. The number of nitrogens with one attached hydrogen (secondary N) is 2. The van der Waals surface area contributed by atoms with Gasteiger partial charge in [0, 0.05) is 36.1 Å². The first-order valence-electron chi connectivity index (χ1n) is 12.4. The average molecular weight is 511 g/mol. The molecule has 192 valence electrons. The van der Waals surface area contributed by atoms with Crippen LogP contribution >= 0.6 is 0 Å². The van der Waals surface area contributed by atoms with Crippen molar-refractivity contribution >= 4 is 34.6 Å². The summed E-state index contributed by atoms with van der Waals surface area (Å²) in [4.78, 5) is 36.8. The largest absolute Gasteiger partial charge is 0.397 e. The summed E-state index contributed by atoms with van der Waals surface area (Å²) in [5.41, 5.74) is 8.75. The number of rotatable bonds is 6. The van der Waals surface area contributed by atoms with Crippen molar-refractivity contribution in [1.29, 1.82) is 0 Å². The molecule has 0 bridgehead atoms. The second-order valence-corrected chi connectivity index (χ2v) is 9.04. The molecule has 2 amide bonds. The molecule has 4 aromatic rings. The molecule has 1 aliphatic heterocycles. The van der Waals surface area contributed by atoms with E-state index in [1.165, 1.54) is 36.8 Å². The molecule has 0 unspecified atom stereocenters. The van der Waals surface area contributed by atoms with E-state index in [0.717, 1.165) is 31.6 Å². The summed E-state index contributed by atoms with van der Waals surface area (Å²) in [5, 5.41) is 5.65. The third kappa shape index (κ3) is 5.46. The number of nitrogens with zero attached hydrogens (tertiary/aromatic N) is 3. The van der Waals surface area contributed by atoms with E-state index in [1.54, 1.807) is 36.7 Å². The van der Waals surface area contributed by atoms with Gasteiger partial charge < -0.3 is 21.3 Å². The summed E-state index contributed by atoms with van der Waals surface area (Å²) in [6.45, 7) is 1.80. The summed E-state index contributed by atoms with van der Waals surface area (Å²) in [6, 6.07) is 17.9. The first-order valence-corrected chi connectivity index (χ1v) is 12.4. The van der Waals surface area contributed by atoms with Gasteiger partial charge in [0.1, 0.15) is 5.82 Å². The van der Waals surface area contributed by atoms with E-state index in [1.807, 2.05) is 12.1 Å². The molecule has 1 fully saturated rings. The number of halogens is 1. The van der Waals surface area contributed by atoms with Crippen LogP contribution < -0.4 is 21.3 Å². The number of piperidine rings is 1. The molecule has 3 heterocycles. The highest BCUT2D eigenvalue weighted by molar-refractivity contribution is 6.08. The number of carbonyl (C=O) groups is 2. The van der Waals surface area contributed by atoms with Gasteiger partial charge in [-0.2, -0.15) is 0 Å². The predicted molar refractivity (Wildman–Crippen MR) is 147 cm³/mol. The number of para-hydroxylation sites is 1. The first kappa shape index (κ1) is 24.9. The van der Waals surface area contributed by atoms with Gasteiger partial charge in [-0.3, -0.25) is 14.6 Å². The van der Waals surface area contributed by atoms with E-state index in [2.05, 4.69) is 25.5 Å². The molecular formula is C29H27FN6O2. The van der Waals surface area contributed by atoms with Gasteiger partial charge in [-0.1, -0.05) is 18.2 Å². The SMILES string of the molecule is Nc1ccc(-c2cc(C(=O)Nc3ccccc3)ccc2F)nc1C(=O)Nc1cnccc1N1CCCCC1. The van der Waals surface area contributed by atoms with Crippen LogP contribution in [0.1, 0.15) is 40.1 Å². The Balaban J connectivity index is 1.41. The quantitative estimate of drug-likeness (QED) is 0.322. The second kappa shape index (κ2) is 11.1. The van der Waals surface area contributed by atoms with Crippen LogP contribution in [0.2, 0.25) is 0 Å². The third-order valence-corrected chi connectivity index (χ3v) is 6.42. The minimum atomic E-state index is -0.579. The number of benzene rings is 2. The molecule has 2 aromatic heterocycles. The van der Waals surface area contributed by atoms with Crippen LogP contribution in [0.15, 0.2) is 79.1 Å². The molecule has 8 nitrogen and oxygen atoms in total. The Labute approximate surface area is 219 Å². The first-order chi connectivity index (χ1) is 18.5. The molecule has 0 saturated carbocycles. The van der Waals surface area contributed by atoms with E-state index in [0.29, 0.717) is 11.4 Å². The number of hydrogen-bond acceptors (Lipinski definition) is 6. The van der Waals surface area contributed by atoms with Crippen LogP contribution in [0.25, 0.3) is 11.3 Å². The minimum Gasteiger partial charge on any atom is -0.397 e. The number of aromatic nitrogens is 2. The van der Waals surface area contributed by atoms with Crippen molar-refractivity contribution in [3.8, 4) is 11.3 Å². The van der Waals surface area contributed by atoms with Crippen LogP contribution in [0.5, 0.6) is 0 Å².